The molecule has 3 heterocycles. The molecule has 1 unspecified atom stereocenters. The second kappa shape index (κ2) is 6.42. The maximum absolute atomic E-state index is 13.3. The second-order valence-electron chi connectivity index (χ2n) is 6.89. The molecule has 7 heteroatoms. The Hall–Kier alpha value is -3.19. The molecule has 1 atom stereocenters. The molecule has 0 saturated carbocycles. The lowest BCUT2D eigenvalue weighted by molar-refractivity contribution is 0.0863. The van der Waals surface area contributed by atoms with Gasteiger partial charge in [-0.05, 0) is 49.4 Å². The van der Waals surface area contributed by atoms with Gasteiger partial charge < -0.3 is 13.9 Å². The van der Waals surface area contributed by atoms with Crippen molar-refractivity contribution >= 4 is 28.7 Å². The number of ether oxygens (including phenoxy) is 2. The lowest BCUT2D eigenvalue weighted by Crippen LogP contribution is -2.27. The summed E-state index contributed by atoms with van der Waals surface area (Å²) in [5, 5.41) is 0.683. The standard InChI is InChI=1S/C22H18N2O4S/c1-22(20(25)24-15-7-5-4-6-14(15)23-21(24)29-22)19-11-10-16(28-19)13-8-9-17(26-2)18(12-13)27-3/h4-12H,1-3H3. The van der Waals surface area contributed by atoms with E-state index in [1.165, 1.54) is 11.8 Å². The van der Waals surface area contributed by atoms with Crippen LogP contribution in [0.15, 0.2) is 64.2 Å². The van der Waals surface area contributed by atoms with Crippen LogP contribution in [0.1, 0.15) is 17.5 Å². The van der Waals surface area contributed by atoms with Crippen molar-refractivity contribution in [2.75, 3.05) is 14.2 Å². The van der Waals surface area contributed by atoms with Crippen molar-refractivity contribution in [1.82, 2.24) is 9.55 Å². The highest BCUT2D eigenvalue weighted by molar-refractivity contribution is 8.01. The summed E-state index contributed by atoms with van der Waals surface area (Å²) in [6, 6.07) is 16.9. The molecule has 5 rings (SSSR count). The number of para-hydroxylation sites is 2. The number of fused-ring (bicyclic) bond motifs is 3. The zero-order chi connectivity index (χ0) is 20.2. The predicted octanol–water partition coefficient (Wildman–Crippen LogP) is 4.97. The summed E-state index contributed by atoms with van der Waals surface area (Å²) in [5.74, 6) is 2.46. The Balaban J connectivity index is 1.53. The smallest absolute Gasteiger partial charge is 0.257 e. The number of aromatic nitrogens is 2. The molecule has 0 fully saturated rings. The lowest BCUT2D eigenvalue weighted by atomic mass is 10.1. The molecule has 1 aliphatic rings. The average Bonchev–Trinajstić information content (AvgIpc) is 3.42. The Kier molecular flexibility index (Phi) is 3.96. The van der Waals surface area contributed by atoms with E-state index in [0.717, 1.165) is 16.6 Å². The number of benzene rings is 2. The molecule has 0 radical (unpaired) electrons. The van der Waals surface area contributed by atoms with Gasteiger partial charge in [-0.3, -0.25) is 9.36 Å². The summed E-state index contributed by atoms with van der Waals surface area (Å²) >= 11 is 1.41. The van der Waals surface area contributed by atoms with Crippen molar-refractivity contribution in [1.29, 1.82) is 0 Å². The molecule has 0 saturated heterocycles. The minimum atomic E-state index is -0.874. The summed E-state index contributed by atoms with van der Waals surface area (Å²) in [6.45, 7) is 1.88. The molecule has 146 valence electrons. The summed E-state index contributed by atoms with van der Waals surface area (Å²) in [5.41, 5.74) is 2.47. The first-order valence-corrected chi connectivity index (χ1v) is 9.91. The fourth-order valence-corrected chi connectivity index (χ4v) is 4.77. The van der Waals surface area contributed by atoms with E-state index < -0.39 is 4.75 Å². The molecule has 1 aliphatic heterocycles. The van der Waals surface area contributed by atoms with E-state index in [4.69, 9.17) is 13.9 Å². The molecule has 0 spiro atoms. The van der Waals surface area contributed by atoms with E-state index in [9.17, 15) is 4.79 Å². The van der Waals surface area contributed by atoms with Gasteiger partial charge in [-0.25, -0.2) is 4.98 Å². The number of hydrogen-bond acceptors (Lipinski definition) is 6. The van der Waals surface area contributed by atoms with Gasteiger partial charge in [0, 0.05) is 5.56 Å². The van der Waals surface area contributed by atoms with Gasteiger partial charge in [0.05, 0.1) is 25.3 Å². The zero-order valence-electron chi connectivity index (χ0n) is 16.1. The van der Waals surface area contributed by atoms with Gasteiger partial charge in [0.2, 0.25) is 0 Å². The maximum Gasteiger partial charge on any atom is 0.257 e. The molecule has 2 aromatic carbocycles. The van der Waals surface area contributed by atoms with Crippen LogP contribution in [0.4, 0.5) is 0 Å². The quantitative estimate of drug-likeness (QED) is 0.476. The third-order valence-electron chi connectivity index (χ3n) is 5.18. The van der Waals surface area contributed by atoms with Gasteiger partial charge in [0.15, 0.2) is 21.4 Å². The zero-order valence-corrected chi connectivity index (χ0v) is 16.9. The Labute approximate surface area is 171 Å². The van der Waals surface area contributed by atoms with Crippen LogP contribution in [0.2, 0.25) is 0 Å². The molecule has 0 amide bonds. The monoisotopic (exact) mass is 406 g/mol. The van der Waals surface area contributed by atoms with Gasteiger partial charge in [0.25, 0.3) is 5.91 Å². The van der Waals surface area contributed by atoms with Crippen LogP contribution in [0.25, 0.3) is 22.4 Å². The number of rotatable bonds is 4. The van der Waals surface area contributed by atoms with E-state index in [-0.39, 0.29) is 5.91 Å². The highest BCUT2D eigenvalue weighted by atomic mass is 32.2. The number of imidazole rings is 1. The molecule has 4 aromatic rings. The molecular weight excluding hydrogens is 388 g/mol. The van der Waals surface area contributed by atoms with Crippen LogP contribution < -0.4 is 9.47 Å². The average molecular weight is 406 g/mol. The predicted molar refractivity (Wildman–Crippen MR) is 111 cm³/mol. The van der Waals surface area contributed by atoms with Gasteiger partial charge >= 0.3 is 0 Å². The fourth-order valence-electron chi connectivity index (χ4n) is 3.60. The Morgan fingerprint density at radius 2 is 1.83 bits per heavy atom. The van der Waals surface area contributed by atoms with Crippen LogP contribution in [-0.4, -0.2) is 29.7 Å². The minimum absolute atomic E-state index is 0.0561. The molecule has 2 aromatic heterocycles. The second-order valence-corrected chi connectivity index (χ2v) is 8.28. The highest BCUT2D eigenvalue weighted by Crippen LogP contribution is 2.50. The van der Waals surface area contributed by atoms with E-state index >= 15 is 0 Å². The van der Waals surface area contributed by atoms with Gasteiger partial charge in [0.1, 0.15) is 11.5 Å². The van der Waals surface area contributed by atoms with Crippen LogP contribution in [0, 0.1) is 0 Å². The number of carbonyl (C=O) groups excluding carboxylic acids is 1. The summed E-state index contributed by atoms with van der Waals surface area (Å²) < 4.78 is 17.6. The Morgan fingerprint density at radius 1 is 1.03 bits per heavy atom. The lowest BCUT2D eigenvalue weighted by Gasteiger charge is -2.17. The molecular formula is C22H18N2O4S. The SMILES string of the molecule is COc1ccc(-c2ccc(C3(C)Sc4nc5ccccc5n4C3=O)o2)cc1OC. The van der Waals surface area contributed by atoms with Crippen molar-refractivity contribution in [3.8, 4) is 22.8 Å². The first-order valence-electron chi connectivity index (χ1n) is 9.09. The van der Waals surface area contributed by atoms with E-state index in [1.807, 2.05) is 61.5 Å². The molecule has 0 bridgehead atoms. The summed E-state index contributed by atoms with van der Waals surface area (Å²) in [6.07, 6.45) is 0. The number of hydrogen-bond donors (Lipinski definition) is 0. The van der Waals surface area contributed by atoms with Crippen LogP contribution in [-0.2, 0) is 4.75 Å². The van der Waals surface area contributed by atoms with Crippen LogP contribution >= 0.6 is 11.8 Å². The maximum atomic E-state index is 13.3. The normalized spacial score (nSPS) is 18.2. The number of thioether (sulfide) groups is 1. The first-order chi connectivity index (χ1) is 14.0. The third-order valence-corrected chi connectivity index (χ3v) is 6.42. The fraction of sp³-hybridized carbons (Fsp3) is 0.182. The van der Waals surface area contributed by atoms with Crippen molar-refractivity contribution < 1.29 is 18.7 Å². The molecule has 0 aliphatic carbocycles. The molecule has 0 N–H and O–H groups in total. The van der Waals surface area contributed by atoms with Gasteiger partial charge in [-0.1, -0.05) is 23.9 Å². The van der Waals surface area contributed by atoms with E-state index in [0.29, 0.717) is 28.2 Å². The van der Waals surface area contributed by atoms with Gasteiger partial charge in [-0.2, -0.15) is 0 Å². The molecule has 6 nitrogen and oxygen atoms in total. The summed E-state index contributed by atoms with van der Waals surface area (Å²) in [4.78, 5) is 17.9. The van der Waals surface area contributed by atoms with E-state index in [2.05, 4.69) is 4.98 Å². The Morgan fingerprint density at radius 3 is 2.62 bits per heavy atom. The largest absolute Gasteiger partial charge is 0.493 e. The molecule has 29 heavy (non-hydrogen) atoms. The van der Waals surface area contributed by atoms with Gasteiger partial charge in [-0.15, -0.1) is 0 Å². The number of methoxy groups -OCH3 is 2. The van der Waals surface area contributed by atoms with Crippen molar-refractivity contribution in [3.63, 3.8) is 0 Å². The number of furan rings is 1. The number of carbonyl (C=O) groups is 1. The van der Waals surface area contributed by atoms with Crippen molar-refractivity contribution in [2.45, 2.75) is 16.8 Å². The van der Waals surface area contributed by atoms with Crippen LogP contribution in [0.5, 0.6) is 11.5 Å². The first kappa shape index (κ1) is 17.9. The summed E-state index contributed by atoms with van der Waals surface area (Å²) in [7, 11) is 3.19. The third kappa shape index (κ3) is 2.57. The van der Waals surface area contributed by atoms with Crippen LogP contribution in [0.3, 0.4) is 0 Å². The highest BCUT2D eigenvalue weighted by Gasteiger charge is 2.48. The van der Waals surface area contributed by atoms with Crippen molar-refractivity contribution in [2.24, 2.45) is 0 Å². The topological polar surface area (TPSA) is 66.5 Å². The van der Waals surface area contributed by atoms with E-state index in [1.54, 1.807) is 18.8 Å². The van der Waals surface area contributed by atoms with Crippen molar-refractivity contribution in [3.05, 3.63) is 60.4 Å². The Bertz CT molecular complexity index is 1260. The minimum Gasteiger partial charge on any atom is -0.493 e. The number of nitrogens with zero attached hydrogens (tertiary/aromatic N) is 2.